The molecule has 2 aromatic rings. The molecule has 1 fully saturated rings. The van der Waals surface area contributed by atoms with Gasteiger partial charge in [-0.05, 0) is 23.7 Å². The van der Waals surface area contributed by atoms with E-state index < -0.39 is 11.8 Å². The number of fused-ring (bicyclic) bond motifs is 1. The Balaban J connectivity index is 2.10. The summed E-state index contributed by atoms with van der Waals surface area (Å²) in [6.45, 7) is 0.228. The highest BCUT2D eigenvalue weighted by Crippen LogP contribution is 2.30. The monoisotopic (exact) mass is 290 g/mol. The summed E-state index contributed by atoms with van der Waals surface area (Å²) in [4.78, 5) is 33.0. The smallest absolute Gasteiger partial charge is 0.229 e. The molecule has 7 heteroatoms. The summed E-state index contributed by atoms with van der Waals surface area (Å²) in [5, 5.41) is 0.782. The van der Waals surface area contributed by atoms with E-state index in [0.717, 1.165) is 5.39 Å². The van der Waals surface area contributed by atoms with E-state index in [4.69, 9.17) is 17.3 Å². The number of hydrogen-bond acceptors (Lipinski definition) is 4. The summed E-state index contributed by atoms with van der Waals surface area (Å²) in [5.74, 6) is -0.733. The van der Waals surface area contributed by atoms with Crippen LogP contribution in [0.15, 0.2) is 24.3 Å². The zero-order valence-corrected chi connectivity index (χ0v) is 11.2. The molecule has 1 aliphatic rings. The largest absolute Gasteiger partial charge is 0.369 e. The first-order chi connectivity index (χ1) is 9.56. The van der Waals surface area contributed by atoms with Gasteiger partial charge in [-0.3, -0.25) is 14.5 Å². The Kier molecular flexibility index (Phi) is 3.02. The van der Waals surface area contributed by atoms with E-state index in [9.17, 15) is 9.59 Å². The van der Waals surface area contributed by atoms with Crippen molar-refractivity contribution >= 4 is 40.1 Å². The number of benzene rings is 1. The molecule has 2 N–H and O–H groups in total. The van der Waals surface area contributed by atoms with Gasteiger partial charge in [0.05, 0.1) is 11.4 Å². The summed E-state index contributed by atoms with van der Waals surface area (Å²) in [6, 6.07) is 7.26. The van der Waals surface area contributed by atoms with Gasteiger partial charge in [0.15, 0.2) is 0 Å². The topological polar surface area (TPSA) is 89.2 Å². The first-order valence-corrected chi connectivity index (χ1v) is 6.46. The van der Waals surface area contributed by atoms with Crippen LogP contribution in [0, 0.1) is 5.92 Å². The fraction of sp³-hybridized carbons (Fsp3) is 0.231. The molecule has 0 aliphatic carbocycles. The van der Waals surface area contributed by atoms with E-state index in [-0.39, 0.29) is 24.2 Å². The minimum absolute atomic E-state index is 0.0639. The third kappa shape index (κ3) is 2.08. The quantitative estimate of drug-likeness (QED) is 0.839. The Hall–Kier alpha value is -2.21. The van der Waals surface area contributed by atoms with E-state index in [0.29, 0.717) is 11.3 Å². The Morgan fingerprint density at radius 3 is 2.80 bits per heavy atom. The number of carbonyl (C=O) groups is 2. The molecule has 2 amide bonds. The number of nitrogens with zero attached hydrogens (tertiary/aromatic N) is 3. The van der Waals surface area contributed by atoms with Crippen molar-refractivity contribution in [2.24, 2.45) is 11.7 Å². The number of nitrogens with two attached hydrogens (primary N) is 1. The fourth-order valence-corrected chi connectivity index (χ4v) is 2.51. The lowest BCUT2D eigenvalue weighted by Gasteiger charge is -2.17. The van der Waals surface area contributed by atoms with E-state index in [1.54, 1.807) is 6.07 Å². The normalized spacial score (nSPS) is 18.8. The molecule has 1 atom stereocenters. The van der Waals surface area contributed by atoms with Gasteiger partial charge in [0.2, 0.25) is 17.1 Å². The number of anilines is 1. The third-order valence-electron chi connectivity index (χ3n) is 3.34. The van der Waals surface area contributed by atoms with Gasteiger partial charge in [-0.1, -0.05) is 12.1 Å². The Morgan fingerprint density at radius 1 is 1.35 bits per heavy atom. The molecule has 102 valence electrons. The lowest BCUT2D eigenvalue weighted by Crippen LogP contribution is -2.29. The molecule has 1 saturated heterocycles. The number of halogens is 1. The molecule has 1 aliphatic heterocycles. The molecule has 0 bridgehead atoms. The minimum Gasteiger partial charge on any atom is -0.369 e. The van der Waals surface area contributed by atoms with Crippen LogP contribution in [-0.4, -0.2) is 28.3 Å². The highest BCUT2D eigenvalue weighted by atomic mass is 35.5. The van der Waals surface area contributed by atoms with Crippen molar-refractivity contribution in [3.8, 4) is 0 Å². The summed E-state index contributed by atoms with van der Waals surface area (Å²) < 4.78 is 0. The van der Waals surface area contributed by atoms with E-state index in [1.165, 1.54) is 4.90 Å². The number of primary amides is 1. The van der Waals surface area contributed by atoms with E-state index in [1.807, 2.05) is 18.2 Å². The van der Waals surface area contributed by atoms with Crippen molar-refractivity contribution in [3.63, 3.8) is 0 Å². The van der Waals surface area contributed by atoms with Gasteiger partial charge in [0, 0.05) is 18.4 Å². The zero-order valence-electron chi connectivity index (χ0n) is 10.4. The van der Waals surface area contributed by atoms with Crippen LogP contribution < -0.4 is 10.6 Å². The number of carbonyl (C=O) groups excluding carboxylic acids is 2. The second kappa shape index (κ2) is 4.72. The van der Waals surface area contributed by atoms with Gasteiger partial charge >= 0.3 is 0 Å². The predicted octanol–water partition coefficient (Wildman–Crippen LogP) is 1.12. The highest BCUT2D eigenvalue weighted by molar-refractivity contribution is 6.29. The zero-order chi connectivity index (χ0) is 14.3. The van der Waals surface area contributed by atoms with Crippen LogP contribution in [0.3, 0.4) is 0 Å². The van der Waals surface area contributed by atoms with E-state index in [2.05, 4.69) is 9.97 Å². The summed E-state index contributed by atoms with van der Waals surface area (Å²) >= 11 is 5.90. The van der Waals surface area contributed by atoms with Crippen LogP contribution in [0.1, 0.15) is 6.42 Å². The van der Waals surface area contributed by atoms with Crippen molar-refractivity contribution in [1.29, 1.82) is 0 Å². The van der Waals surface area contributed by atoms with Crippen molar-refractivity contribution in [2.45, 2.75) is 6.42 Å². The lowest BCUT2D eigenvalue weighted by atomic mass is 10.1. The molecule has 1 aromatic heterocycles. The summed E-state index contributed by atoms with van der Waals surface area (Å²) in [7, 11) is 0. The second-order valence-corrected chi connectivity index (χ2v) is 4.98. The molecule has 6 nitrogen and oxygen atoms in total. The SMILES string of the molecule is NC(=O)C1CC(=O)N(c2nc(Cl)nc3ccccc23)C1. The van der Waals surface area contributed by atoms with Crippen molar-refractivity contribution in [2.75, 3.05) is 11.4 Å². The van der Waals surface area contributed by atoms with Gasteiger partial charge in [0.25, 0.3) is 0 Å². The molecule has 2 heterocycles. The Bertz CT molecular complexity index is 719. The number of aromatic nitrogens is 2. The molecule has 0 spiro atoms. The van der Waals surface area contributed by atoms with Gasteiger partial charge in [-0.25, -0.2) is 4.98 Å². The van der Waals surface area contributed by atoms with Gasteiger partial charge in [-0.15, -0.1) is 0 Å². The number of amides is 2. The number of hydrogen-bond donors (Lipinski definition) is 1. The highest BCUT2D eigenvalue weighted by Gasteiger charge is 2.35. The van der Waals surface area contributed by atoms with Crippen LogP contribution >= 0.6 is 11.6 Å². The maximum absolute atomic E-state index is 12.1. The minimum atomic E-state index is -0.491. The molecule has 0 radical (unpaired) electrons. The van der Waals surface area contributed by atoms with Crippen molar-refractivity contribution in [1.82, 2.24) is 9.97 Å². The Labute approximate surface area is 119 Å². The molecule has 1 aromatic carbocycles. The van der Waals surface area contributed by atoms with Gasteiger partial charge < -0.3 is 5.73 Å². The predicted molar refractivity (Wildman–Crippen MR) is 74.2 cm³/mol. The van der Waals surface area contributed by atoms with Crippen molar-refractivity contribution in [3.05, 3.63) is 29.5 Å². The van der Waals surface area contributed by atoms with Crippen LogP contribution in [0.2, 0.25) is 5.28 Å². The average Bonchev–Trinajstić information content (AvgIpc) is 2.80. The molecule has 0 saturated carbocycles. The first kappa shape index (κ1) is 12.8. The van der Waals surface area contributed by atoms with E-state index >= 15 is 0 Å². The first-order valence-electron chi connectivity index (χ1n) is 6.08. The molecular weight excluding hydrogens is 280 g/mol. The molecule has 3 rings (SSSR count). The average molecular weight is 291 g/mol. The number of rotatable bonds is 2. The standard InChI is InChI=1S/C13H11ClN4O2/c14-13-16-9-4-2-1-3-8(9)12(17-13)18-6-7(11(15)20)5-10(18)19/h1-4,7H,5-6H2,(H2,15,20). The maximum Gasteiger partial charge on any atom is 0.229 e. The van der Waals surface area contributed by atoms with Gasteiger partial charge in [0.1, 0.15) is 5.82 Å². The number of para-hydroxylation sites is 1. The lowest BCUT2D eigenvalue weighted by molar-refractivity contribution is -0.123. The maximum atomic E-state index is 12.1. The Morgan fingerprint density at radius 2 is 2.10 bits per heavy atom. The second-order valence-electron chi connectivity index (χ2n) is 4.64. The van der Waals surface area contributed by atoms with Crippen molar-refractivity contribution < 1.29 is 9.59 Å². The molecule has 1 unspecified atom stereocenters. The summed E-state index contributed by atoms with van der Waals surface area (Å²) in [6.07, 6.45) is 0.102. The molecular formula is C13H11ClN4O2. The third-order valence-corrected chi connectivity index (χ3v) is 3.51. The van der Waals surface area contributed by atoms with Crippen LogP contribution in [-0.2, 0) is 9.59 Å². The van der Waals surface area contributed by atoms with Crippen LogP contribution in [0.25, 0.3) is 10.9 Å². The summed E-state index contributed by atoms with van der Waals surface area (Å²) in [5.41, 5.74) is 5.92. The van der Waals surface area contributed by atoms with Crippen LogP contribution in [0.4, 0.5) is 5.82 Å². The molecule has 20 heavy (non-hydrogen) atoms. The van der Waals surface area contributed by atoms with Gasteiger partial charge in [-0.2, -0.15) is 4.98 Å². The van der Waals surface area contributed by atoms with Crippen LogP contribution in [0.5, 0.6) is 0 Å². The fourth-order valence-electron chi connectivity index (χ4n) is 2.34.